The highest BCUT2D eigenvalue weighted by molar-refractivity contribution is 6.04. The number of hydrogen-bond donors (Lipinski definition) is 2. The summed E-state index contributed by atoms with van der Waals surface area (Å²) in [5.41, 5.74) is 2.45. The van der Waals surface area contributed by atoms with Crippen molar-refractivity contribution in [3.8, 4) is 6.07 Å². The van der Waals surface area contributed by atoms with Gasteiger partial charge in [0.2, 0.25) is 0 Å². The summed E-state index contributed by atoms with van der Waals surface area (Å²) < 4.78 is 5.43. The van der Waals surface area contributed by atoms with Gasteiger partial charge in [0, 0.05) is 12.3 Å². The van der Waals surface area contributed by atoms with Gasteiger partial charge in [-0.15, -0.1) is 0 Å². The van der Waals surface area contributed by atoms with E-state index in [0.29, 0.717) is 12.1 Å². The van der Waals surface area contributed by atoms with Gasteiger partial charge in [0.25, 0.3) is 5.91 Å². The molecule has 0 aromatic heterocycles. The summed E-state index contributed by atoms with van der Waals surface area (Å²) in [5.74, 6) is -2.07. The van der Waals surface area contributed by atoms with Crippen LogP contribution in [0.25, 0.3) is 0 Å². The van der Waals surface area contributed by atoms with Crippen LogP contribution in [0.15, 0.2) is 35.4 Å². The van der Waals surface area contributed by atoms with Crippen LogP contribution in [0.1, 0.15) is 51.5 Å². The molecule has 0 radical (unpaired) electrons. The van der Waals surface area contributed by atoms with Gasteiger partial charge in [0.15, 0.2) is 0 Å². The molecule has 7 nitrogen and oxygen atoms in total. The van der Waals surface area contributed by atoms with Crippen molar-refractivity contribution in [2.45, 2.75) is 57.7 Å². The van der Waals surface area contributed by atoms with Crippen LogP contribution in [-0.4, -0.2) is 34.4 Å². The normalized spacial score (nSPS) is 26.4. The summed E-state index contributed by atoms with van der Waals surface area (Å²) >= 11 is 0. The molecular formula is C20H25N3O4. The van der Waals surface area contributed by atoms with Crippen molar-refractivity contribution in [3.05, 3.63) is 35.9 Å². The molecule has 7 heteroatoms. The molecule has 1 amide bonds. The van der Waals surface area contributed by atoms with Crippen LogP contribution in [0.5, 0.6) is 0 Å². The minimum atomic E-state index is -1.09. The molecule has 0 saturated heterocycles. The van der Waals surface area contributed by atoms with E-state index in [2.05, 4.69) is 10.5 Å². The number of nitrogens with zero attached hydrogens (tertiary/aromatic N) is 2. The van der Waals surface area contributed by atoms with Crippen LogP contribution in [0.4, 0.5) is 0 Å². The van der Waals surface area contributed by atoms with Crippen LogP contribution in [-0.2, 0) is 14.3 Å². The molecule has 0 heterocycles. The first kappa shape index (κ1) is 20.6. The van der Waals surface area contributed by atoms with Gasteiger partial charge in [-0.05, 0) is 32.8 Å². The lowest BCUT2D eigenvalue weighted by Crippen LogP contribution is -2.46. The molecule has 27 heavy (non-hydrogen) atoms. The van der Waals surface area contributed by atoms with E-state index < -0.39 is 23.4 Å². The van der Waals surface area contributed by atoms with Crippen molar-refractivity contribution in [2.24, 2.45) is 11.0 Å². The van der Waals surface area contributed by atoms with Gasteiger partial charge < -0.3 is 9.84 Å². The number of esters is 1. The van der Waals surface area contributed by atoms with Crippen molar-refractivity contribution in [1.82, 2.24) is 5.43 Å². The molecule has 2 N–H and O–H groups in total. The van der Waals surface area contributed by atoms with Crippen LogP contribution in [0, 0.1) is 17.2 Å². The smallest absolute Gasteiger partial charge is 0.315 e. The average Bonchev–Trinajstić information content (AvgIpc) is 2.59. The predicted molar refractivity (Wildman–Crippen MR) is 99.6 cm³/mol. The minimum absolute atomic E-state index is 0.126. The van der Waals surface area contributed by atoms with E-state index in [1.807, 2.05) is 30.3 Å². The van der Waals surface area contributed by atoms with Crippen molar-refractivity contribution >= 4 is 17.6 Å². The molecule has 0 unspecified atom stereocenters. The Labute approximate surface area is 159 Å². The maximum absolute atomic E-state index is 12.8. The third-order valence-electron chi connectivity index (χ3n) is 4.38. The maximum Gasteiger partial charge on any atom is 0.315 e. The first-order valence-corrected chi connectivity index (χ1v) is 8.93. The molecule has 1 aliphatic carbocycles. The van der Waals surface area contributed by atoms with E-state index in [1.54, 1.807) is 26.8 Å². The average molecular weight is 371 g/mol. The zero-order valence-electron chi connectivity index (χ0n) is 15.8. The number of hydrazone groups is 1. The standard InChI is InChI=1S/C20H25N3O4/c1-13(2)27-19(25)18-15(14-7-5-4-6-8-14)11-20(3,26)12-16(18)22-23-17(24)9-10-21/h4-8,13,15,18,26H,9,11-12H2,1-3H3,(H,23,24)/b22-16-/t15-,18-,20+/m0/s1. The summed E-state index contributed by atoms with van der Waals surface area (Å²) in [6.45, 7) is 5.21. The molecule has 1 saturated carbocycles. The predicted octanol–water partition coefficient (Wildman–Crippen LogP) is 2.27. The quantitative estimate of drug-likeness (QED) is 0.609. The number of ether oxygens (including phenoxy) is 1. The lowest BCUT2D eigenvalue weighted by molar-refractivity contribution is -0.151. The molecule has 1 aliphatic rings. The number of benzene rings is 1. The molecule has 0 spiro atoms. The SMILES string of the molecule is CC(C)OC(=O)[C@@H]1/C(=N\NC(=O)CC#N)C[C@](C)(O)C[C@H]1c1ccccc1. The second-order valence-electron chi connectivity index (χ2n) is 7.33. The molecule has 0 bridgehead atoms. The molecular weight excluding hydrogens is 346 g/mol. The van der Waals surface area contributed by atoms with E-state index in [4.69, 9.17) is 10.00 Å². The zero-order valence-corrected chi connectivity index (χ0v) is 15.8. The molecule has 1 aromatic rings. The summed E-state index contributed by atoms with van der Waals surface area (Å²) in [6.07, 6.45) is -0.150. The fraction of sp³-hybridized carbons (Fsp3) is 0.500. The maximum atomic E-state index is 12.8. The Morgan fingerprint density at radius 2 is 2.07 bits per heavy atom. The highest BCUT2D eigenvalue weighted by Crippen LogP contribution is 2.41. The van der Waals surface area contributed by atoms with Crippen molar-refractivity contribution < 1.29 is 19.4 Å². The third kappa shape index (κ3) is 5.63. The van der Waals surface area contributed by atoms with Gasteiger partial charge in [0.1, 0.15) is 12.3 Å². The Bertz CT molecular complexity index is 750. The summed E-state index contributed by atoms with van der Waals surface area (Å²) in [6, 6.07) is 11.2. The number of nitrogens with one attached hydrogen (secondary N) is 1. The Hall–Kier alpha value is -2.72. The number of hydrogen-bond acceptors (Lipinski definition) is 6. The van der Waals surface area contributed by atoms with E-state index in [9.17, 15) is 14.7 Å². The summed E-state index contributed by atoms with van der Waals surface area (Å²) in [5, 5.41) is 23.4. The van der Waals surface area contributed by atoms with E-state index in [0.717, 1.165) is 5.56 Å². The highest BCUT2D eigenvalue weighted by Gasteiger charge is 2.46. The lowest BCUT2D eigenvalue weighted by Gasteiger charge is -2.39. The topological polar surface area (TPSA) is 112 Å². The van der Waals surface area contributed by atoms with Crippen molar-refractivity contribution in [3.63, 3.8) is 0 Å². The van der Waals surface area contributed by atoms with Crippen LogP contribution in [0.3, 0.4) is 0 Å². The van der Waals surface area contributed by atoms with Crippen molar-refractivity contribution in [2.75, 3.05) is 0 Å². The molecule has 2 rings (SSSR count). The second kappa shape index (κ2) is 8.78. The third-order valence-corrected chi connectivity index (χ3v) is 4.38. The monoisotopic (exact) mass is 371 g/mol. The fourth-order valence-electron chi connectivity index (χ4n) is 3.37. The first-order valence-electron chi connectivity index (χ1n) is 8.93. The zero-order chi connectivity index (χ0) is 20.0. The number of amides is 1. The van der Waals surface area contributed by atoms with Gasteiger partial charge in [-0.2, -0.15) is 10.4 Å². The minimum Gasteiger partial charge on any atom is -0.462 e. The Morgan fingerprint density at radius 3 is 2.67 bits per heavy atom. The lowest BCUT2D eigenvalue weighted by atomic mass is 9.68. The molecule has 3 atom stereocenters. The van der Waals surface area contributed by atoms with Crippen molar-refractivity contribution in [1.29, 1.82) is 5.26 Å². The number of rotatable bonds is 5. The van der Waals surface area contributed by atoms with E-state index in [-0.39, 0.29) is 24.9 Å². The molecule has 1 fully saturated rings. The second-order valence-corrected chi connectivity index (χ2v) is 7.33. The Balaban J connectivity index is 2.43. The van der Waals surface area contributed by atoms with Gasteiger partial charge in [-0.25, -0.2) is 5.43 Å². The number of carbonyl (C=O) groups excluding carboxylic acids is 2. The van der Waals surface area contributed by atoms with Crippen LogP contribution >= 0.6 is 0 Å². The number of nitriles is 1. The van der Waals surface area contributed by atoms with E-state index in [1.165, 1.54) is 0 Å². The Morgan fingerprint density at radius 1 is 1.41 bits per heavy atom. The van der Waals surface area contributed by atoms with Crippen LogP contribution < -0.4 is 5.43 Å². The summed E-state index contributed by atoms with van der Waals surface area (Å²) in [7, 11) is 0. The van der Waals surface area contributed by atoms with Gasteiger partial charge >= 0.3 is 5.97 Å². The molecule has 144 valence electrons. The van der Waals surface area contributed by atoms with Crippen LogP contribution in [0.2, 0.25) is 0 Å². The number of carbonyl (C=O) groups is 2. The summed E-state index contributed by atoms with van der Waals surface area (Å²) in [4.78, 5) is 24.5. The molecule has 1 aromatic carbocycles. The largest absolute Gasteiger partial charge is 0.462 e. The first-order chi connectivity index (χ1) is 12.7. The van der Waals surface area contributed by atoms with E-state index >= 15 is 0 Å². The molecule has 0 aliphatic heterocycles. The van der Waals surface area contributed by atoms with Gasteiger partial charge in [-0.1, -0.05) is 30.3 Å². The number of aliphatic hydroxyl groups is 1. The van der Waals surface area contributed by atoms with Gasteiger partial charge in [0.05, 0.1) is 23.5 Å². The highest BCUT2D eigenvalue weighted by atomic mass is 16.5. The fourth-order valence-corrected chi connectivity index (χ4v) is 3.37. The van der Waals surface area contributed by atoms with Gasteiger partial charge in [-0.3, -0.25) is 9.59 Å². The Kier molecular flexibility index (Phi) is 6.70.